The van der Waals surface area contributed by atoms with Crippen LogP contribution in [0.1, 0.15) is 18.2 Å². The van der Waals surface area contributed by atoms with Crippen molar-refractivity contribution >= 4 is 17.1 Å². The third-order valence-corrected chi connectivity index (χ3v) is 2.96. The molecule has 0 spiro atoms. The van der Waals surface area contributed by atoms with Gasteiger partial charge in [0.1, 0.15) is 0 Å². The standard InChI is InChI=1S/C12H16N2OS/c1-10(16)11-2-3-12(13-8-11)9-14-4-6-15-7-5-14/h2-3,8H,4-7,9H2,1H3. The summed E-state index contributed by atoms with van der Waals surface area (Å²) in [5.41, 5.74) is 2.14. The number of hydrogen-bond donors (Lipinski definition) is 0. The third kappa shape index (κ3) is 3.07. The molecule has 0 radical (unpaired) electrons. The lowest BCUT2D eigenvalue weighted by Crippen LogP contribution is -2.35. The molecular weight excluding hydrogens is 220 g/mol. The van der Waals surface area contributed by atoms with Gasteiger partial charge in [0.05, 0.1) is 18.9 Å². The van der Waals surface area contributed by atoms with E-state index in [9.17, 15) is 0 Å². The lowest BCUT2D eigenvalue weighted by Gasteiger charge is -2.26. The van der Waals surface area contributed by atoms with Crippen LogP contribution in [0.5, 0.6) is 0 Å². The first kappa shape index (κ1) is 11.6. The number of rotatable bonds is 3. The third-order valence-electron chi connectivity index (χ3n) is 2.72. The summed E-state index contributed by atoms with van der Waals surface area (Å²) in [6, 6.07) is 4.10. The van der Waals surface area contributed by atoms with Crippen molar-refractivity contribution in [2.75, 3.05) is 26.3 Å². The van der Waals surface area contributed by atoms with Crippen molar-refractivity contribution in [1.82, 2.24) is 9.88 Å². The van der Waals surface area contributed by atoms with Gasteiger partial charge in [0.15, 0.2) is 0 Å². The van der Waals surface area contributed by atoms with Gasteiger partial charge in [-0.3, -0.25) is 9.88 Å². The SMILES string of the molecule is CC(=S)c1ccc(CN2CCOCC2)nc1. The molecule has 1 saturated heterocycles. The Hall–Kier alpha value is -0.840. The smallest absolute Gasteiger partial charge is 0.0594 e. The lowest BCUT2D eigenvalue weighted by molar-refractivity contribution is 0.0336. The van der Waals surface area contributed by atoms with Gasteiger partial charge >= 0.3 is 0 Å². The van der Waals surface area contributed by atoms with Crippen molar-refractivity contribution in [3.63, 3.8) is 0 Å². The summed E-state index contributed by atoms with van der Waals surface area (Å²) in [5, 5.41) is 0. The second-order valence-electron chi connectivity index (χ2n) is 3.98. The Bertz CT molecular complexity index is 358. The average Bonchev–Trinajstić information content (AvgIpc) is 2.31. The van der Waals surface area contributed by atoms with Crippen molar-refractivity contribution < 1.29 is 4.74 Å². The number of nitrogens with zero attached hydrogens (tertiary/aromatic N) is 2. The maximum absolute atomic E-state index is 5.31. The molecule has 1 aliphatic heterocycles. The molecular formula is C12H16N2OS. The molecule has 0 bridgehead atoms. The highest BCUT2D eigenvalue weighted by Crippen LogP contribution is 2.06. The first-order valence-corrected chi connectivity index (χ1v) is 5.92. The molecule has 4 heteroatoms. The van der Waals surface area contributed by atoms with Crippen LogP contribution in [0.3, 0.4) is 0 Å². The summed E-state index contributed by atoms with van der Waals surface area (Å²) in [6.07, 6.45) is 1.86. The van der Waals surface area contributed by atoms with E-state index in [2.05, 4.69) is 16.0 Å². The molecule has 0 N–H and O–H groups in total. The molecule has 0 aliphatic carbocycles. The first-order valence-electron chi connectivity index (χ1n) is 5.51. The predicted molar refractivity (Wildman–Crippen MR) is 67.7 cm³/mol. The largest absolute Gasteiger partial charge is 0.379 e. The molecule has 0 atom stereocenters. The minimum Gasteiger partial charge on any atom is -0.379 e. The number of pyridine rings is 1. The minimum absolute atomic E-state index is 0.830. The summed E-state index contributed by atoms with van der Waals surface area (Å²) in [6.45, 7) is 6.48. The predicted octanol–water partition coefficient (Wildman–Crippen LogP) is 1.65. The van der Waals surface area contributed by atoms with Gasteiger partial charge in [0, 0.05) is 36.3 Å². The molecule has 1 fully saturated rings. The second-order valence-corrected chi connectivity index (χ2v) is 4.60. The monoisotopic (exact) mass is 236 g/mol. The Morgan fingerprint density at radius 1 is 1.44 bits per heavy atom. The van der Waals surface area contributed by atoms with Crippen molar-refractivity contribution in [3.8, 4) is 0 Å². The molecule has 1 aliphatic rings. The highest BCUT2D eigenvalue weighted by Gasteiger charge is 2.11. The van der Waals surface area contributed by atoms with E-state index in [4.69, 9.17) is 17.0 Å². The summed E-state index contributed by atoms with van der Waals surface area (Å²) in [4.78, 5) is 7.67. The normalized spacial score (nSPS) is 17.3. The van der Waals surface area contributed by atoms with Gasteiger partial charge in [0.2, 0.25) is 0 Å². The zero-order valence-corrected chi connectivity index (χ0v) is 10.3. The van der Waals surface area contributed by atoms with E-state index in [1.165, 1.54) is 0 Å². The number of ether oxygens (including phenoxy) is 1. The summed E-state index contributed by atoms with van der Waals surface area (Å²) >= 11 is 5.10. The molecule has 0 unspecified atom stereocenters. The Labute approximate surface area is 101 Å². The van der Waals surface area contributed by atoms with Crippen LogP contribution in [-0.2, 0) is 11.3 Å². The van der Waals surface area contributed by atoms with Gasteiger partial charge in [-0.15, -0.1) is 0 Å². The summed E-state index contributed by atoms with van der Waals surface area (Å²) in [5.74, 6) is 0. The highest BCUT2D eigenvalue weighted by molar-refractivity contribution is 7.80. The highest BCUT2D eigenvalue weighted by atomic mass is 32.1. The molecule has 1 aromatic rings. The van der Waals surface area contributed by atoms with E-state index in [0.717, 1.165) is 49.0 Å². The number of aromatic nitrogens is 1. The number of morpholine rings is 1. The van der Waals surface area contributed by atoms with E-state index < -0.39 is 0 Å². The number of hydrogen-bond acceptors (Lipinski definition) is 4. The maximum Gasteiger partial charge on any atom is 0.0594 e. The van der Waals surface area contributed by atoms with E-state index in [1.807, 2.05) is 19.2 Å². The molecule has 0 saturated carbocycles. The molecule has 0 aromatic carbocycles. The average molecular weight is 236 g/mol. The van der Waals surface area contributed by atoms with E-state index in [-0.39, 0.29) is 0 Å². The van der Waals surface area contributed by atoms with Crippen LogP contribution in [0.2, 0.25) is 0 Å². The van der Waals surface area contributed by atoms with Crippen LogP contribution >= 0.6 is 12.2 Å². The van der Waals surface area contributed by atoms with Crippen LogP contribution < -0.4 is 0 Å². The minimum atomic E-state index is 0.830. The Morgan fingerprint density at radius 2 is 2.19 bits per heavy atom. The van der Waals surface area contributed by atoms with Crippen LogP contribution in [0, 0.1) is 0 Å². The van der Waals surface area contributed by atoms with E-state index in [1.54, 1.807) is 0 Å². The van der Waals surface area contributed by atoms with Crippen molar-refractivity contribution in [2.24, 2.45) is 0 Å². The van der Waals surface area contributed by atoms with Crippen LogP contribution in [0.25, 0.3) is 0 Å². The van der Waals surface area contributed by atoms with Crippen molar-refractivity contribution in [3.05, 3.63) is 29.6 Å². The van der Waals surface area contributed by atoms with Gasteiger partial charge in [0.25, 0.3) is 0 Å². The topological polar surface area (TPSA) is 25.4 Å². The molecule has 16 heavy (non-hydrogen) atoms. The zero-order chi connectivity index (χ0) is 11.4. The Kier molecular flexibility index (Phi) is 3.98. The van der Waals surface area contributed by atoms with Gasteiger partial charge in [-0.2, -0.15) is 0 Å². The zero-order valence-electron chi connectivity index (χ0n) is 9.48. The van der Waals surface area contributed by atoms with Gasteiger partial charge in [-0.05, 0) is 13.0 Å². The molecule has 1 aromatic heterocycles. The van der Waals surface area contributed by atoms with Gasteiger partial charge in [-0.25, -0.2) is 0 Å². The van der Waals surface area contributed by atoms with Gasteiger partial charge in [-0.1, -0.05) is 18.3 Å². The molecule has 3 nitrogen and oxygen atoms in total. The molecule has 2 heterocycles. The first-order chi connectivity index (χ1) is 7.75. The fourth-order valence-corrected chi connectivity index (χ4v) is 1.84. The Morgan fingerprint density at radius 3 is 2.75 bits per heavy atom. The van der Waals surface area contributed by atoms with Crippen molar-refractivity contribution in [2.45, 2.75) is 13.5 Å². The summed E-state index contributed by atoms with van der Waals surface area (Å²) in [7, 11) is 0. The van der Waals surface area contributed by atoms with Crippen LogP contribution in [0.4, 0.5) is 0 Å². The van der Waals surface area contributed by atoms with Crippen molar-refractivity contribution in [1.29, 1.82) is 0 Å². The Balaban J connectivity index is 1.96. The van der Waals surface area contributed by atoms with Crippen LogP contribution in [0.15, 0.2) is 18.3 Å². The number of thiocarbonyl (C=S) groups is 1. The van der Waals surface area contributed by atoms with E-state index in [0.29, 0.717) is 0 Å². The fourth-order valence-electron chi connectivity index (χ4n) is 1.71. The lowest BCUT2D eigenvalue weighted by atomic mass is 10.2. The van der Waals surface area contributed by atoms with Gasteiger partial charge < -0.3 is 4.74 Å². The quantitative estimate of drug-likeness (QED) is 0.588. The van der Waals surface area contributed by atoms with E-state index >= 15 is 0 Å². The molecule has 2 rings (SSSR count). The summed E-state index contributed by atoms with van der Waals surface area (Å²) < 4.78 is 5.31. The maximum atomic E-state index is 5.31. The molecule has 0 amide bonds. The van der Waals surface area contributed by atoms with Crippen LogP contribution in [-0.4, -0.2) is 41.1 Å². The second kappa shape index (κ2) is 5.48. The molecule has 86 valence electrons. The fraction of sp³-hybridized carbons (Fsp3) is 0.500.